The highest BCUT2D eigenvalue weighted by Crippen LogP contribution is 2.39. The van der Waals surface area contributed by atoms with Crippen LogP contribution in [0.2, 0.25) is 0 Å². The number of hydrogen-bond acceptors (Lipinski definition) is 2. The first-order valence-electron chi connectivity index (χ1n) is 7.07. The van der Waals surface area contributed by atoms with Crippen molar-refractivity contribution in [2.24, 2.45) is 0 Å². The Bertz CT molecular complexity index is 491. The summed E-state index contributed by atoms with van der Waals surface area (Å²) in [4.78, 5) is 0. The Kier molecular flexibility index (Phi) is 4.21. The minimum Gasteiger partial charge on any atom is -0.400 e. The Morgan fingerprint density at radius 3 is 2.25 bits per heavy atom. The minimum atomic E-state index is -0.301. The molecule has 0 aromatic rings. The lowest BCUT2D eigenvalue weighted by Gasteiger charge is -2.32. The van der Waals surface area contributed by atoms with Gasteiger partial charge >= 0.3 is 7.12 Å². The molecule has 0 saturated carbocycles. The molecule has 0 spiro atoms. The molecule has 106 valence electrons. The highest BCUT2D eigenvalue weighted by atomic mass is 16.7. The van der Waals surface area contributed by atoms with Crippen LogP contribution in [0, 0.1) is 0 Å². The van der Waals surface area contributed by atoms with E-state index in [2.05, 4.69) is 46.4 Å². The summed E-state index contributed by atoms with van der Waals surface area (Å²) in [5, 5.41) is 0. The standard InChI is InChI=1S/C17H23BO2/c1-14-10-7-6-8-12-15(13-9-11-14)18-19-16(2,3)17(4,5)20-18/h6-11,13H,1,12H2,2-5H3/b8-6-,10-7-,11-9-,15-13+. The first kappa shape index (κ1) is 15.1. The zero-order chi connectivity index (χ0) is 14.8. The summed E-state index contributed by atoms with van der Waals surface area (Å²) in [5.74, 6) is 0. The normalized spacial score (nSPS) is 32.3. The lowest BCUT2D eigenvalue weighted by Crippen LogP contribution is -2.41. The molecule has 0 aromatic carbocycles. The van der Waals surface area contributed by atoms with Crippen molar-refractivity contribution in [1.82, 2.24) is 0 Å². The van der Waals surface area contributed by atoms with Crippen LogP contribution in [-0.4, -0.2) is 18.3 Å². The molecule has 0 amide bonds. The number of hydrogen-bond donors (Lipinski definition) is 0. The smallest absolute Gasteiger partial charge is 0.400 e. The van der Waals surface area contributed by atoms with Gasteiger partial charge in [0, 0.05) is 0 Å². The monoisotopic (exact) mass is 270 g/mol. The molecule has 1 heterocycles. The summed E-state index contributed by atoms with van der Waals surface area (Å²) in [6.45, 7) is 12.3. The minimum absolute atomic E-state index is 0.286. The second kappa shape index (κ2) is 5.59. The van der Waals surface area contributed by atoms with Crippen molar-refractivity contribution in [3.05, 3.63) is 60.2 Å². The first-order valence-corrected chi connectivity index (χ1v) is 7.07. The summed E-state index contributed by atoms with van der Waals surface area (Å²) >= 11 is 0. The Balaban J connectivity index is 2.21. The SMILES string of the molecule is C=C1/C=C\C=C/C/C(B2OC(C)(C)C(C)(C)O2)=C\C=C/1. The zero-order valence-corrected chi connectivity index (χ0v) is 12.8. The van der Waals surface area contributed by atoms with Crippen LogP contribution in [0.15, 0.2) is 60.2 Å². The van der Waals surface area contributed by atoms with E-state index in [9.17, 15) is 0 Å². The lowest BCUT2D eigenvalue weighted by atomic mass is 9.75. The summed E-state index contributed by atoms with van der Waals surface area (Å²) in [6, 6.07) is 0. The molecule has 3 heteroatoms. The average molecular weight is 270 g/mol. The Labute approximate surface area is 122 Å². The molecular weight excluding hydrogens is 247 g/mol. The third-order valence-electron chi connectivity index (χ3n) is 4.09. The summed E-state index contributed by atoms with van der Waals surface area (Å²) in [7, 11) is -0.286. The van der Waals surface area contributed by atoms with Gasteiger partial charge in [-0.1, -0.05) is 49.1 Å². The van der Waals surface area contributed by atoms with Gasteiger partial charge in [-0.2, -0.15) is 0 Å². The molecule has 0 unspecified atom stereocenters. The van der Waals surface area contributed by atoms with Crippen molar-refractivity contribution in [3.63, 3.8) is 0 Å². The molecule has 0 N–H and O–H groups in total. The van der Waals surface area contributed by atoms with Crippen LogP contribution in [0.25, 0.3) is 0 Å². The molecule has 2 nitrogen and oxygen atoms in total. The quantitative estimate of drug-likeness (QED) is 0.666. The molecule has 0 aromatic heterocycles. The van der Waals surface area contributed by atoms with Crippen molar-refractivity contribution in [3.8, 4) is 0 Å². The van der Waals surface area contributed by atoms with Gasteiger partial charge in [0.1, 0.15) is 0 Å². The molecule has 1 aliphatic heterocycles. The van der Waals surface area contributed by atoms with Crippen LogP contribution in [0.1, 0.15) is 34.1 Å². The van der Waals surface area contributed by atoms with Gasteiger partial charge in [0.25, 0.3) is 0 Å². The predicted octanol–water partition coefficient (Wildman–Crippen LogP) is 4.17. The second-order valence-electron chi connectivity index (χ2n) is 6.26. The molecule has 1 fully saturated rings. The number of allylic oxidation sites excluding steroid dienone is 9. The summed E-state index contributed by atoms with van der Waals surface area (Å²) < 4.78 is 12.2. The van der Waals surface area contributed by atoms with E-state index in [1.165, 1.54) is 0 Å². The Morgan fingerprint density at radius 1 is 1.00 bits per heavy atom. The maximum absolute atomic E-state index is 6.10. The van der Waals surface area contributed by atoms with Crippen molar-refractivity contribution in [1.29, 1.82) is 0 Å². The molecule has 0 atom stereocenters. The van der Waals surface area contributed by atoms with Gasteiger partial charge in [0.15, 0.2) is 0 Å². The maximum atomic E-state index is 6.10. The van der Waals surface area contributed by atoms with Gasteiger partial charge in [-0.15, -0.1) is 0 Å². The van der Waals surface area contributed by atoms with E-state index in [1.54, 1.807) is 0 Å². The van der Waals surface area contributed by atoms with E-state index in [4.69, 9.17) is 9.31 Å². The van der Waals surface area contributed by atoms with Gasteiger partial charge < -0.3 is 9.31 Å². The van der Waals surface area contributed by atoms with Crippen molar-refractivity contribution >= 4 is 7.12 Å². The lowest BCUT2D eigenvalue weighted by molar-refractivity contribution is 0.00578. The van der Waals surface area contributed by atoms with Gasteiger partial charge in [0.05, 0.1) is 11.2 Å². The van der Waals surface area contributed by atoms with Gasteiger partial charge in [-0.3, -0.25) is 0 Å². The van der Waals surface area contributed by atoms with Crippen LogP contribution in [-0.2, 0) is 9.31 Å². The maximum Gasteiger partial charge on any atom is 0.490 e. The largest absolute Gasteiger partial charge is 0.490 e. The predicted molar refractivity (Wildman–Crippen MR) is 85.3 cm³/mol. The van der Waals surface area contributed by atoms with E-state index < -0.39 is 0 Å². The van der Waals surface area contributed by atoms with Gasteiger partial charge in [0.2, 0.25) is 0 Å². The van der Waals surface area contributed by atoms with E-state index in [0.717, 1.165) is 17.5 Å². The van der Waals surface area contributed by atoms with Crippen LogP contribution >= 0.6 is 0 Å². The molecule has 20 heavy (non-hydrogen) atoms. The zero-order valence-electron chi connectivity index (χ0n) is 12.8. The molecule has 0 bridgehead atoms. The Hall–Kier alpha value is -1.32. The third-order valence-corrected chi connectivity index (χ3v) is 4.09. The van der Waals surface area contributed by atoms with Crippen molar-refractivity contribution in [2.45, 2.75) is 45.3 Å². The molecule has 1 aliphatic carbocycles. The topological polar surface area (TPSA) is 18.5 Å². The third kappa shape index (κ3) is 3.22. The summed E-state index contributed by atoms with van der Waals surface area (Å²) in [5.41, 5.74) is 1.50. The highest BCUT2D eigenvalue weighted by Gasteiger charge is 2.51. The average Bonchev–Trinajstić information content (AvgIpc) is 2.56. The van der Waals surface area contributed by atoms with Gasteiger partial charge in [-0.05, 0) is 45.2 Å². The number of rotatable bonds is 1. The molecule has 2 rings (SSSR count). The van der Waals surface area contributed by atoms with Crippen LogP contribution in [0.3, 0.4) is 0 Å². The molecule has 0 radical (unpaired) electrons. The summed E-state index contributed by atoms with van der Waals surface area (Å²) in [6.07, 6.45) is 15.0. The van der Waals surface area contributed by atoms with Crippen LogP contribution < -0.4 is 0 Å². The first-order chi connectivity index (χ1) is 9.32. The van der Waals surface area contributed by atoms with Crippen molar-refractivity contribution in [2.75, 3.05) is 0 Å². The fourth-order valence-corrected chi connectivity index (χ4v) is 2.05. The van der Waals surface area contributed by atoms with E-state index in [1.807, 2.05) is 30.4 Å². The van der Waals surface area contributed by atoms with E-state index in [0.29, 0.717) is 0 Å². The van der Waals surface area contributed by atoms with Gasteiger partial charge in [-0.25, -0.2) is 0 Å². The molecule has 2 aliphatic rings. The Morgan fingerprint density at radius 2 is 1.60 bits per heavy atom. The molecule has 1 saturated heterocycles. The fraction of sp³-hybridized carbons (Fsp3) is 0.412. The highest BCUT2D eigenvalue weighted by molar-refractivity contribution is 6.54. The van der Waals surface area contributed by atoms with Crippen LogP contribution in [0.5, 0.6) is 0 Å². The second-order valence-corrected chi connectivity index (χ2v) is 6.26. The fourth-order valence-electron chi connectivity index (χ4n) is 2.05. The van der Waals surface area contributed by atoms with Crippen LogP contribution in [0.4, 0.5) is 0 Å². The van der Waals surface area contributed by atoms with E-state index >= 15 is 0 Å². The molecular formula is C17H23BO2. The van der Waals surface area contributed by atoms with E-state index in [-0.39, 0.29) is 18.3 Å². The van der Waals surface area contributed by atoms with Crippen molar-refractivity contribution < 1.29 is 9.31 Å².